The fourth-order valence-electron chi connectivity index (χ4n) is 4.66. The Morgan fingerprint density at radius 2 is 1.90 bits per heavy atom. The van der Waals surface area contributed by atoms with Crippen LogP contribution in [0.2, 0.25) is 0 Å². The monoisotopic (exact) mass is 434 g/mol. The molecule has 2 aliphatic rings. The quantitative estimate of drug-likeness (QED) is 0.661. The highest BCUT2D eigenvalue weighted by molar-refractivity contribution is 5.98. The highest BCUT2D eigenvalue weighted by atomic mass is 19.4. The number of aromatic nitrogens is 2. The maximum atomic E-state index is 13.8. The van der Waals surface area contributed by atoms with Gasteiger partial charge in [-0.1, -0.05) is 50.5 Å². The van der Waals surface area contributed by atoms with Gasteiger partial charge in [0, 0.05) is 13.0 Å². The van der Waals surface area contributed by atoms with Crippen LogP contribution in [0.4, 0.5) is 19.0 Å². The lowest BCUT2D eigenvalue weighted by Crippen LogP contribution is -2.37. The summed E-state index contributed by atoms with van der Waals surface area (Å²) in [4.78, 5) is 12.8. The number of hydrogen-bond acceptors (Lipinski definition) is 3. The Morgan fingerprint density at radius 1 is 1.19 bits per heavy atom. The van der Waals surface area contributed by atoms with Gasteiger partial charge in [-0.05, 0) is 36.3 Å². The van der Waals surface area contributed by atoms with Gasteiger partial charge < -0.3 is 10.6 Å². The minimum atomic E-state index is -4.46. The lowest BCUT2D eigenvalue weighted by molar-refractivity contribution is -0.173. The molecule has 1 aromatic carbocycles. The Labute approximate surface area is 180 Å². The van der Waals surface area contributed by atoms with Crippen molar-refractivity contribution in [2.75, 3.05) is 11.9 Å². The van der Waals surface area contributed by atoms with Crippen LogP contribution in [0.15, 0.2) is 30.5 Å². The molecule has 1 fully saturated rings. The van der Waals surface area contributed by atoms with Crippen LogP contribution in [-0.2, 0) is 6.42 Å². The SMILES string of the molecule is CCc1ccc([C@@H]2C[C@H](C(F)(F)F)n3ncc(C(=O)NCC4CCCCC4)c3N2)cc1. The van der Waals surface area contributed by atoms with Crippen molar-refractivity contribution < 1.29 is 18.0 Å². The lowest BCUT2D eigenvalue weighted by Gasteiger charge is -2.34. The van der Waals surface area contributed by atoms with E-state index < -0.39 is 18.3 Å². The van der Waals surface area contributed by atoms with E-state index in [9.17, 15) is 18.0 Å². The van der Waals surface area contributed by atoms with E-state index in [0.29, 0.717) is 12.5 Å². The summed E-state index contributed by atoms with van der Waals surface area (Å²) < 4.78 is 42.4. The molecular formula is C23H29F3N4O. The molecule has 0 saturated heterocycles. The molecule has 0 unspecified atom stereocenters. The standard InChI is InChI=1S/C23H29F3N4O/c1-2-15-8-10-17(11-9-15)19-12-20(23(24,25)26)30-21(29-19)18(14-28-30)22(31)27-13-16-6-4-3-5-7-16/h8-11,14,16,19-20,29H,2-7,12-13H2,1H3,(H,27,31)/t19-,20+/m0/s1. The molecule has 4 rings (SSSR count). The molecule has 2 N–H and O–H groups in total. The molecule has 8 heteroatoms. The van der Waals surface area contributed by atoms with Gasteiger partial charge in [-0.3, -0.25) is 4.79 Å². The van der Waals surface area contributed by atoms with Crippen molar-refractivity contribution in [3.8, 4) is 0 Å². The molecule has 1 saturated carbocycles. The van der Waals surface area contributed by atoms with Gasteiger partial charge in [-0.2, -0.15) is 18.3 Å². The van der Waals surface area contributed by atoms with Crippen molar-refractivity contribution >= 4 is 11.7 Å². The number of nitrogens with one attached hydrogen (secondary N) is 2. The number of aryl methyl sites for hydroxylation is 1. The number of carbonyl (C=O) groups is 1. The molecule has 1 amide bonds. The number of amides is 1. The average molecular weight is 435 g/mol. The van der Waals surface area contributed by atoms with Crippen LogP contribution in [-0.4, -0.2) is 28.4 Å². The number of alkyl halides is 3. The summed E-state index contributed by atoms with van der Waals surface area (Å²) in [6, 6.07) is 5.26. The van der Waals surface area contributed by atoms with E-state index in [-0.39, 0.29) is 23.7 Å². The van der Waals surface area contributed by atoms with Crippen molar-refractivity contribution in [1.82, 2.24) is 15.1 Å². The third-order valence-corrected chi connectivity index (χ3v) is 6.55. The first kappa shape index (κ1) is 21.7. The van der Waals surface area contributed by atoms with Gasteiger partial charge in [0.05, 0.1) is 12.2 Å². The van der Waals surface area contributed by atoms with E-state index in [0.717, 1.165) is 47.9 Å². The van der Waals surface area contributed by atoms with Gasteiger partial charge >= 0.3 is 6.18 Å². The lowest BCUT2D eigenvalue weighted by atomic mass is 9.89. The third-order valence-electron chi connectivity index (χ3n) is 6.55. The van der Waals surface area contributed by atoms with Crippen molar-refractivity contribution in [2.24, 2.45) is 5.92 Å². The molecule has 2 atom stereocenters. The first-order valence-electron chi connectivity index (χ1n) is 11.1. The molecule has 0 spiro atoms. The summed E-state index contributed by atoms with van der Waals surface area (Å²) in [5.41, 5.74) is 2.06. The van der Waals surface area contributed by atoms with Crippen LogP contribution in [0.25, 0.3) is 0 Å². The highest BCUT2D eigenvalue weighted by Crippen LogP contribution is 2.44. The van der Waals surface area contributed by atoms with Crippen LogP contribution >= 0.6 is 0 Å². The zero-order valence-corrected chi connectivity index (χ0v) is 17.7. The van der Waals surface area contributed by atoms with E-state index in [1.807, 2.05) is 31.2 Å². The minimum absolute atomic E-state index is 0.138. The largest absolute Gasteiger partial charge is 0.410 e. The fourth-order valence-corrected chi connectivity index (χ4v) is 4.66. The second-order valence-corrected chi connectivity index (χ2v) is 8.65. The Balaban J connectivity index is 1.57. The van der Waals surface area contributed by atoms with Crippen molar-refractivity contribution in [1.29, 1.82) is 0 Å². The number of fused-ring (bicyclic) bond motifs is 1. The van der Waals surface area contributed by atoms with Gasteiger partial charge in [0.1, 0.15) is 11.4 Å². The van der Waals surface area contributed by atoms with Gasteiger partial charge in [0.15, 0.2) is 6.04 Å². The predicted molar refractivity (Wildman–Crippen MR) is 113 cm³/mol. The van der Waals surface area contributed by atoms with Crippen LogP contribution < -0.4 is 10.6 Å². The van der Waals surface area contributed by atoms with Crippen molar-refractivity contribution in [3.63, 3.8) is 0 Å². The summed E-state index contributed by atoms with van der Waals surface area (Å²) in [5.74, 6) is 0.200. The molecule has 5 nitrogen and oxygen atoms in total. The maximum Gasteiger partial charge on any atom is 0.410 e. The van der Waals surface area contributed by atoms with Crippen LogP contribution in [0.5, 0.6) is 0 Å². The fraction of sp³-hybridized carbons (Fsp3) is 0.565. The third kappa shape index (κ3) is 4.72. The number of anilines is 1. The Morgan fingerprint density at radius 3 is 2.55 bits per heavy atom. The predicted octanol–water partition coefficient (Wildman–Crippen LogP) is 5.42. The number of benzene rings is 1. The molecule has 31 heavy (non-hydrogen) atoms. The molecule has 2 heterocycles. The molecule has 1 aromatic heterocycles. The second kappa shape index (κ2) is 8.93. The first-order valence-corrected chi connectivity index (χ1v) is 11.1. The average Bonchev–Trinajstić information content (AvgIpc) is 3.21. The topological polar surface area (TPSA) is 59.0 Å². The summed E-state index contributed by atoms with van der Waals surface area (Å²) in [6.07, 6.45) is 3.20. The van der Waals surface area contributed by atoms with E-state index in [2.05, 4.69) is 15.7 Å². The zero-order valence-electron chi connectivity index (χ0n) is 17.7. The molecule has 0 radical (unpaired) electrons. The number of nitrogens with zero attached hydrogens (tertiary/aromatic N) is 2. The molecule has 1 aliphatic heterocycles. The molecule has 0 bridgehead atoms. The van der Waals surface area contributed by atoms with E-state index in [1.165, 1.54) is 12.6 Å². The van der Waals surface area contributed by atoms with Crippen LogP contribution in [0, 0.1) is 5.92 Å². The zero-order chi connectivity index (χ0) is 22.0. The summed E-state index contributed by atoms with van der Waals surface area (Å²) in [5, 5.41) is 10.0. The Kier molecular flexibility index (Phi) is 6.25. The number of halogens is 3. The van der Waals surface area contributed by atoms with E-state index in [4.69, 9.17) is 0 Å². The second-order valence-electron chi connectivity index (χ2n) is 8.65. The number of rotatable bonds is 5. The van der Waals surface area contributed by atoms with E-state index >= 15 is 0 Å². The first-order chi connectivity index (χ1) is 14.9. The summed E-state index contributed by atoms with van der Waals surface area (Å²) in [7, 11) is 0. The smallest absolute Gasteiger partial charge is 0.363 e. The number of carbonyl (C=O) groups excluding carboxylic acids is 1. The van der Waals surface area contributed by atoms with Crippen LogP contribution in [0.1, 0.15) is 79.0 Å². The Hall–Kier alpha value is -2.51. The molecule has 1 aliphatic carbocycles. The Bertz CT molecular complexity index is 901. The maximum absolute atomic E-state index is 13.8. The van der Waals surface area contributed by atoms with Gasteiger partial charge in [-0.25, -0.2) is 4.68 Å². The van der Waals surface area contributed by atoms with Crippen molar-refractivity contribution in [3.05, 3.63) is 47.2 Å². The van der Waals surface area contributed by atoms with Gasteiger partial charge in [-0.15, -0.1) is 0 Å². The molecular weight excluding hydrogens is 405 g/mol. The van der Waals surface area contributed by atoms with Crippen molar-refractivity contribution in [2.45, 2.75) is 70.1 Å². The highest BCUT2D eigenvalue weighted by Gasteiger charge is 2.47. The normalized spacial score (nSPS) is 21.9. The minimum Gasteiger partial charge on any atom is -0.363 e. The van der Waals surface area contributed by atoms with Gasteiger partial charge in [0.2, 0.25) is 0 Å². The van der Waals surface area contributed by atoms with Gasteiger partial charge in [0.25, 0.3) is 5.91 Å². The number of hydrogen-bond donors (Lipinski definition) is 2. The van der Waals surface area contributed by atoms with E-state index in [1.54, 1.807) is 0 Å². The van der Waals surface area contributed by atoms with Crippen LogP contribution in [0.3, 0.4) is 0 Å². The molecule has 2 aromatic rings. The summed E-state index contributed by atoms with van der Waals surface area (Å²) >= 11 is 0. The summed E-state index contributed by atoms with van der Waals surface area (Å²) in [6.45, 7) is 2.58. The molecule has 168 valence electrons.